The number of nitrogens with zero attached hydrogens (tertiary/aromatic N) is 3. The van der Waals surface area contributed by atoms with Crippen LogP contribution in [-0.2, 0) is 4.74 Å². The number of hydrogen-bond acceptors (Lipinski definition) is 11. The number of carbonyl (C=O) groups excluding carboxylic acids is 3. The zero-order valence-electron chi connectivity index (χ0n) is 19.4. The lowest BCUT2D eigenvalue weighted by atomic mass is 9.85. The second kappa shape index (κ2) is 7.75. The minimum absolute atomic E-state index is 0.00484. The van der Waals surface area contributed by atoms with Crippen LogP contribution in [0.4, 0.5) is 0 Å². The first kappa shape index (κ1) is 22.9. The minimum atomic E-state index is -2.71. The lowest BCUT2D eigenvalue weighted by molar-refractivity contribution is -0.522. The maximum atomic E-state index is 13.0. The molecular weight excluding hydrogens is 482 g/mol. The summed E-state index contributed by atoms with van der Waals surface area (Å²) in [5, 5.41) is 25.8. The third kappa shape index (κ3) is 3.07. The van der Waals surface area contributed by atoms with Crippen LogP contribution in [0.1, 0.15) is 31.1 Å². The Balaban J connectivity index is 1.33. The van der Waals surface area contributed by atoms with Crippen molar-refractivity contribution in [2.75, 3.05) is 13.1 Å². The highest BCUT2D eigenvalue weighted by molar-refractivity contribution is 6.21. The van der Waals surface area contributed by atoms with Gasteiger partial charge in [-0.3, -0.25) is 30.1 Å². The molecule has 2 aromatic carbocycles. The normalized spacial score (nSPS) is 29.2. The van der Waals surface area contributed by atoms with Gasteiger partial charge in [-0.1, -0.05) is 30.3 Å². The molecule has 37 heavy (non-hydrogen) atoms. The lowest BCUT2D eigenvalue weighted by Gasteiger charge is -2.46. The molecule has 190 valence electrons. The standard InChI is InChI=1S/C24H23N7O6/c25-21-28-17-15(10-30-18(32)13-8-4-5-9-14(13)19(30)33)27-22(26)31-11-16(24(35,36)23(17,31)29-21)37-20(34)12-6-2-1-3-7-12/h1-9,15-17,35-36H,10-11H2,(H2,26,27)(H3,25,28,29)/p+1/t15-,16-,17-,23?/m0/s1. The first-order valence-corrected chi connectivity index (χ1v) is 11.6. The van der Waals surface area contributed by atoms with E-state index in [2.05, 4.69) is 15.3 Å². The summed E-state index contributed by atoms with van der Waals surface area (Å²) >= 11 is 0. The number of ether oxygens (including phenoxy) is 1. The van der Waals surface area contributed by atoms with Crippen LogP contribution in [0.3, 0.4) is 0 Å². The van der Waals surface area contributed by atoms with Crippen LogP contribution in [0.5, 0.6) is 0 Å². The van der Waals surface area contributed by atoms with Crippen molar-refractivity contribution in [1.82, 2.24) is 15.1 Å². The average Bonchev–Trinajstić information content (AvgIpc) is 3.44. The molecule has 6 rings (SSSR count). The van der Waals surface area contributed by atoms with E-state index in [4.69, 9.17) is 16.2 Å². The van der Waals surface area contributed by atoms with Crippen molar-refractivity contribution in [2.45, 2.75) is 29.6 Å². The Morgan fingerprint density at radius 1 is 1.08 bits per heavy atom. The number of carbonyl (C=O) groups is 3. The molecule has 0 bridgehead atoms. The number of esters is 1. The van der Waals surface area contributed by atoms with E-state index < -0.39 is 47.4 Å². The monoisotopic (exact) mass is 506 g/mol. The number of fused-ring (bicyclic) bond motifs is 1. The van der Waals surface area contributed by atoms with Crippen molar-refractivity contribution >= 4 is 29.7 Å². The van der Waals surface area contributed by atoms with Gasteiger partial charge in [-0.2, -0.15) is 0 Å². The molecule has 8 N–H and O–H groups in total. The maximum Gasteiger partial charge on any atom is 0.343 e. The zero-order chi connectivity index (χ0) is 26.1. The molecule has 4 aliphatic rings. The molecule has 0 saturated carbocycles. The average molecular weight is 506 g/mol. The molecule has 0 aromatic heterocycles. The van der Waals surface area contributed by atoms with Gasteiger partial charge in [-0.05, 0) is 24.3 Å². The molecule has 1 saturated heterocycles. The highest BCUT2D eigenvalue weighted by Crippen LogP contribution is 2.42. The number of nitrogens with two attached hydrogens (primary N) is 2. The highest BCUT2D eigenvalue weighted by Gasteiger charge is 2.77. The number of amides is 2. The van der Waals surface area contributed by atoms with E-state index in [0.29, 0.717) is 0 Å². The second-order valence-electron chi connectivity index (χ2n) is 9.34. The number of imide groups is 1. The predicted octanol–water partition coefficient (Wildman–Crippen LogP) is -3.73. The van der Waals surface area contributed by atoms with Crippen LogP contribution in [0.25, 0.3) is 0 Å². The van der Waals surface area contributed by atoms with Crippen molar-refractivity contribution in [3.63, 3.8) is 0 Å². The summed E-state index contributed by atoms with van der Waals surface area (Å²) < 4.78 is 5.51. The van der Waals surface area contributed by atoms with E-state index in [1.807, 2.05) is 0 Å². The van der Waals surface area contributed by atoms with E-state index in [1.54, 1.807) is 42.5 Å². The molecule has 1 unspecified atom stereocenters. The van der Waals surface area contributed by atoms with Crippen molar-refractivity contribution < 1.29 is 34.3 Å². The smallest absolute Gasteiger partial charge is 0.343 e. The molecule has 1 fully saturated rings. The number of hydrogen-bond donors (Lipinski definition) is 6. The van der Waals surface area contributed by atoms with Crippen molar-refractivity contribution in [3.8, 4) is 0 Å². The Morgan fingerprint density at radius 3 is 2.35 bits per heavy atom. The van der Waals surface area contributed by atoms with Crippen molar-refractivity contribution in [3.05, 3.63) is 71.3 Å². The Morgan fingerprint density at radius 2 is 1.70 bits per heavy atom. The topological polar surface area (TPSA) is 198 Å². The van der Waals surface area contributed by atoms with E-state index in [1.165, 1.54) is 17.0 Å². The van der Waals surface area contributed by atoms with Gasteiger partial charge >= 0.3 is 11.9 Å². The van der Waals surface area contributed by atoms with Crippen LogP contribution in [0.2, 0.25) is 0 Å². The molecule has 13 heteroatoms. The third-order valence-electron chi connectivity index (χ3n) is 7.34. The van der Waals surface area contributed by atoms with Crippen LogP contribution in [0.15, 0.2) is 59.6 Å². The Kier molecular flexibility index (Phi) is 4.81. The van der Waals surface area contributed by atoms with Gasteiger partial charge < -0.3 is 20.7 Å². The number of nitrogens with one attached hydrogen (secondary N) is 2. The van der Waals surface area contributed by atoms with Gasteiger partial charge in [0.05, 0.1) is 29.8 Å². The molecule has 4 atom stereocenters. The van der Waals surface area contributed by atoms with Gasteiger partial charge in [0.1, 0.15) is 6.04 Å². The molecular formula is C24H24N7O6+. The Hall–Kier alpha value is -4.49. The Labute approximate surface area is 210 Å². The van der Waals surface area contributed by atoms with Gasteiger partial charge in [0, 0.05) is 0 Å². The van der Waals surface area contributed by atoms with Crippen LogP contribution in [-0.4, -0.2) is 92.4 Å². The first-order chi connectivity index (χ1) is 17.6. The number of aliphatic hydroxyl groups is 2. The fourth-order valence-electron chi connectivity index (χ4n) is 5.62. The molecule has 1 spiro atoms. The SMILES string of the molecule is NC1=N[C@@H](CN2C(=O)c3ccccc3C2=O)[C@@H]2[NH+]=C(N)NC23N1C[C@H](OC(=O)c1ccccc1)C3(O)O. The van der Waals surface area contributed by atoms with Crippen molar-refractivity contribution in [1.29, 1.82) is 0 Å². The fourth-order valence-corrected chi connectivity index (χ4v) is 5.62. The zero-order valence-corrected chi connectivity index (χ0v) is 19.4. The summed E-state index contributed by atoms with van der Waals surface area (Å²) in [6.07, 6.45) is -1.45. The largest absolute Gasteiger partial charge is 0.451 e. The molecule has 0 radical (unpaired) electrons. The summed E-state index contributed by atoms with van der Waals surface area (Å²) in [6, 6.07) is 12.7. The van der Waals surface area contributed by atoms with Crippen molar-refractivity contribution in [2.24, 2.45) is 16.5 Å². The molecule has 0 aliphatic carbocycles. The number of benzene rings is 2. The molecule has 13 nitrogen and oxygen atoms in total. The summed E-state index contributed by atoms with van der Waals surface area (Å²) in [7, 11) is 0. The highest BCUT2D eigenvalue weighted by atomic mass is 16.6. The molecule has 2 aromatic rings. The summed E-state index contributed by atoms with van der Waals surface area (Å²) in [5.41, 5.74) is 11.3. The third-order valence-corrected chi connectivity index (χ3v) is 7.34. The van der Waals surface area contributed by atoms with Gasteiger partial charge in [-0.25, -0.2) is 15.1 Å². The van der Waals surface area contributed by atoms with Gasteiger partial charge in [0.2, 0.25) is 0 Å². The van der Waals surface area contributed by atoms with Gasteiger partial charge in [0.25, 0.3) is 23.3 Å². The second-order valence-corrected chi connectivity index (χ2v) is 9.34. The van der Waals surface area contributed by atoms with Gasteiger partial charge in [-0.15, -0.1) is 0 Å². The summed E-state index contributed by atoms with van der Waals surface area (Å²) in [5.74, 6) is -4.56. The number of rotatable bonds is 4. The van der Waals surface area contributed by atoms with E-state index in [0.717, 1.165) is 4.90 Å². The number of guanidine groups is 2. The van der Waals surface area contributed by atoms with Crippen LogP contribution in [0, 0.1) is 0 Å². The first-order valence-electron chi connectivity index (χ1n) is 11.6. The molecule has 2 amide bonds. The predicted molar refractivity (Wildman–Crippen MR) is 127 cm³/mol. The number of aliphatic imine (C=N–C) groups is 1. The van der Waals surface area contributed by atoms with Gasteiger partial charge in [0.15, 0.2) is 18.1 Å². The Bertz CT molecular complexity index is 1360. The van der Waals surface area contributed by atoms with E-state index in [-0.39, 0.29) is 41.7 Å². The van der Waals surface area contributed by atoms with E-state index >= 15 is 0 Å². The summed E-state index contributed by atoms with van der Waals surface area (Å²) in [6.45, 7) is -0.418. The summed E-state index contributed by atoms with van der Waals surface area (Å²) in [4.78, 5) is 48.5. The quantitative estimate of drug-likeness (QED) is 0.136. The lowest BCUT2D eigenvalue weighted by Crippen LogP contribution is -2.90. The van der Waals surface area contributed by atoms with Crippen LogP contribution >= 0.6 is 0 Å². The van der Waals surface area contributed by atoms with E-state index in [9.17, 15) is 24.6 Å². The minimum Gasteiger partial charge on any atom is -0.451 e. The van der Waals surface area contributed by atoms with Crippen LogP contribution < -0.4 is 21.8 Å². The molecule has 4 aliphatic heterocycles. The maximum absolute atomic E-state index is 13.0. The fraction of sp³-hybridized carbons (Fsp3) is 0.292. The molecule has 4 heterocycles.